The monoisotopic (exact) mass is 333 g/mol. The molecule has 2 rings (SSSR count). The molecule has 1 unspecified atom stereocenters. The normalized spacial score (nSPS) is 14.0. The van der Waals surface area contributed by atoms with Crippen LogP contribution >= 0.6 is 0 Å². The van der Waals surface area contributed by atoms with Crippen molar-refractivity contribution in [1.82, 2.24) is 0 Å². The predicted molar refractivity (Wildman–Crippen MR) is 83.7 cm³/mol. The summed E-state index contributed by atoms with van der Waals surface area (Å²) >= 11 is 0. The zero-order valence-electron chi connectivity index (χ0n) is 12.8. The molecule has 23 heavy (non-hydrogen) atoms. The van der Waals surface area contributed by atoms with Crippen LogP contribution in [0.15, 0.2) is 53.4 Å². The summed E-state index contributed by atoms with van der Waals surface area (Å²) in [7, 11) is -3.96. The SMILES string of the molecule is Cc1ccc(S(=O)(=O)OCC(C)(C#N)c2ccc(F)cc2)cc1. The van der Waals surface area contributed by atoms with Gasteiger partial charge < -0.3 is 0 Å². The molecule has 0 saturated carbocycles. The van der Waals surface area contributed by atoms with Crippen LogP contribution < -0.4 is 0 Å². The third-order valence-electron chi connectivity index (χ3n) is 3.54. The van der Waals surface area contributed by atoms with E-state index in [1.54, 1.807) is 19.1 Å². The Hall–Kier alpha value is -2.23. The Morgan fingerprint density at radius 2 is 1.70 bits per heavy atom. The van der Waals surface area contributed by atoms with Crippen molar-refractivity contribution >= 4 is 10.1 Å². The van der Waals surface area contributed by atoms with E-state index in [-0.39, 0.29) is 11.5 Å². The summed E-state index contributed by atoms with van der Waals surface area (Å²) in [4.78, 5) is 0.0301. The van der Waals surface area contributed by atoms with Crippen molar-refractivity contribution in [2.45, 2.75) is 24.2 Å². The second-order valence-corrected chi connectivity index (χ2v) is 7.10. The minimum Gasteiger partial charge on any atom is -0.264 e. The number of hydrogen-bond donors (Lipinski definition) is 0. The molecule has 2 aromatic rings. The third kappa shape index (κ3) is 3.95. The van der Waals surface area contributed by atoms with Crippen molar-refractivity contribution in [3.63, 3.8) is 0 Å². The van der Waals surface area contributed by atoms with Gasteiger partial charge >= 0.3 is 0 Å². The molecule has 0 radical (unpaired) electrons. The van der Waals surface area contributed by atoms with Gasteiger partial charge in [0, 0.05) is 0 Å². The first-order valence-electron chi connectivity index (χ1n) is 6.90. The molecule has 6 heteroatoms. The highest BCUT2D eigenvalue weighted by Gasteiger charge is 2.30. The van der Waals surface area contributed by atoms with E-state index in [1.165, 1.54) is 36.4 Å². The van der Waals surface area contributed by atoms with Gasteiger partial charge in [-0.15, -0.1) is 0 Å². The average Bonchev–Trinajstić information content (AvgIpc) is 2.54. The van der Waals surface area contributed by atoms with Crippen molar-refractivity contribution < 1.29 is 17.0 Å². The van der Waals surface area contributed by atoms with Gasteiger partial charge in [-0.3, -0.25) is 4.18 Å². The molecular formula is C17H16FNO3S. The molecule has 0 spiro atoms. The van der Waals surface area contributed by atoms with Gasteiger partial charge in [-0.2, -0.15) is 13.7 Å². The second kappa shape index (κ2) is 6.49. The lowest BCUT2D eigenvalue weighted by Crippen LogP contribution is -2.28. The number of nitrogens with zero attached hydrogens (tertiary/aromatic N) is 1. The number of rotatable bonds is 5. The fraction of sp³-hybridized carbons (Fsp3) is 0.235. The minimum absolute atomic E-state index is 0.0301. The summed E-state index contributed by atoms with van der Waals surface area (Å²) < 4.78 is 42.4. The summed E-state index contributed by atoms with van der Waals surface area (Å²) in [6.07, 6.45) is 0. The Labute approximate surface area is 135 Å². The molecule has 0 aliphatic rings. The summed E-state index contributed by atoms with van der Waals surface area (Å²) in [5.74, 6) is -0.428. The highest BCUT2D eigenvalue weighted by Crippen LogP contribution is 2.25. The molecule has 0 aliphatic heterocycles. The van der Waals surface area contributed by atoms with Crippen LogP contribution in [0.25, 0.3) is 0 Å². The van der Waals surface area contributed by atoms with Crippen LogP contribution in [-0.4, -0.2) is 15.0 Å². The van der Waals surface area contributed by atoms with Gasteiger partial charge in [-0.25, -0.2) is 4.39 Å². The van der Waals surface area contributed by atoms with Gasteiger partial charge in [0.2, 0.25) is 0 Å². The highest BCUT2D eigenvalue weighted by atomic mass is 32.2. The van der Waals surface area contributed by atoms with Crippen LogP contribution in [0.4, 0.5) is 4.39 Å². The molecule has 0 aliphatic carbocycles. The van der Waals surface area contributed by atoms with Crippen molar-refractivity contribution in [2.24, 2.45) is 0 Å². The first-order valence-corrected chi connectivity index (χ1v) is 8.31. The average molecular weight is 333 g/mol. The molecule has 0 N–H and O–H groups in total. The fourth-order valence-corrected chi connectivity index (χ4v) is 2.96. The van der Waals surface area contributed by atoms with Crippen LogP contribution in [0.5, 0.6) is 0 Å². The van der Waals surface area contributed by atoms with E-state index in [1.807, 2.05) is 13.0 Å². The van der Waals surface area contributed by atoms with Crippen molar-refractivity contribution in [3.8, 4) is 6.07 Å². The van der Waals surface area contributed by atoms with Crippen LogP contribution in [0.3, 0.4) is 0 Å². The van der Waals surface area contributed by atoms with E-state index >= 15 is 0 Å². The van der Waals surface area contributed by atoms with Crippen LogP contribution in [0.2, 0.25) is 0 Å². The molecule has 1 atom stereocenters. The first-order chi connectivity index (χ1) is 10.8. The van der Waals surface area contributed by atoms with Gasteiger partial charge in [0.25, 0.3) is 10.1 Å². The van der Waals surface area contributed by atoms with E-state index in [0.717, 1.165) is 5.56 Å². The van der Waals surface area contributed by atoms with Gasteiger partial charge in [0.15, 0.2) is 0 Å². The largest absolute Gasteiger partial charge is 0.297 e. The number of aryl methyl sites for hydroxylation is 1. The number of hydrogen-bond acceptors (Lipinski definition) is 4. The van der Waals surface area contributed by atoms with Gasteiger partial charge in [0.05, 0.1) is 17.6 Å². The number of nitriles is 1. The molecule has 0 heterocycles. The standard InChI is InChI=1S/C17H16FNO3S/c1-13-3-9-16(10-4-13)23(20,21)22-12-17(2,11-19)14-5-7-15(18)8-6-14/h3-10H,12H2,1-2H3. The van der Waals surface area contributed by atoms with E-state index in [2.05, 4.69) is 0 Å². The van der Waals surface area contributed by atoms with E-state index in [4.69, 9.17) is 4.18 Å². The van der Waals surface area contributed by atoms with Crippen LogP contribution in [0, 0.1) is 24.1 Å². The molecule has 0 aromatic heterocycles. The first kappa shape index (κ1) is 17.1. The molecular weight excluding hydrogens is 317 g/mol. The van der Waals surface area contributed by atoms with Gasteiger partial charge in [-0.05, 0) is 43.7 Å². The molecule has 4 nitrogen and oxygen atoms in total. The molecule has 0 fully saturated rings. The second-order valence-electron chi connectivity index (χ2n) is 5.48. The van der Waals surface area contributed by atoms with E-state index in [0.29, 0.717) is 5.56 Å². The maximum absolute atomic E-state index is 13.0. The summed E-state index contributed by atoms with van der Waals surface area (Å²) in [6, 6.07) is 13.6. The topological polar surface area (TPSA) is 67.2 Å². The molecule has 2 aromatic carbocycles. The Morgan fingerprint density at radius 3 is 2.22 bits per heavy atom. The number of benzene rings is 2. The van der Waals surface area contributed by atoms with Crippen molar-refractivity contribution in [2.75, 3.05) is 6.61 Å². The van der Waals surface area contributed by atoms with Gasteiger partial charge in [-0.1, -0.05) is 29.8 Å². The lowest BCUT2D eigenvalue weighted by Gasteiger charge is -2.21. The predicted octanol–water partition coefficient (Wildman–Crippen LogP) is 3.32. The Morgan fingerprint density at radius 1 is 1.13 bits per heavy atom. The van der Waals surface area contributed by atoms with Crippen LogP contribution in [-0.2, 0) is 19.7 Å². The zero-order valence-corrected chi connectivity index (χ0v) is 13.6. The third-order valence-corrected chi connectivity index (χ3v) is 4.82. The minimum atomic E-state index is -3.96. The summed E-state index contributed by atoms with van der Waals surface area (Å²) in [5, 5.41) is 9.39. The molecule has 0 amide bonds. The summed E-state index contributed by atoms with van der Waals surface area (Å²) in [5.41, 5.74) is 0.212. The lowest BCUT2D eigenvalue weighted by molar-refractivity contribution is 0.267. The maximum atomic E-state index is 13.0. The quantitative estimate of drug-likeness (QED) is 0.787. The van der Waals surface area contributed by atoms with E-state index < -0.39 is 21.4 Å². The van der Waals surface area contributed by atoms with Crippen LogP contribution in [0.1, 0.15) is 18.1 Å². The highest BCUT2D eigenvalue weighted by molar-refractivity contribution is 7.86. The molecule has 0 saturated heterocycles. The Kier molecular flexibility index (Phi) is 4.83. The van der Waals surface area contributed by atoms with E-state index in [9.17, 15) is 18.1 Å². The van der Waals surface area contributed by atoms with Crippen molar-refractivity contribution in [1.29, 1.82) is 5.26 Å². The zero-order chi connectivity index (χ0) is 17.1. The smallest absolute Gasteiger partial charge is 0.264 e. The van der Waals surface area contributed by atoms with Gasteiger partial charge in [0.1, 0.15) is 11.2 Å². The number of halogens is 1. The maximum Gasteiger partial charge on any atom is 0.297 e. The Balaban J connectivity index is 2.21. The summed E-state index contributed by atoms with van der Waals surface area (Å²) in [6.45, 7) is 3.04. The molecule has 0 bridgehead atoms. The molecule has 120 valence electrons. The Bertz CT molecular complexity index is 824. The van der Waals surface area contributed by atoms with Crippen molar-refractivity contribution in [3.05, 3.63) is 65.5 Å². The lowest BCUT2D eigenvalue weighted by atomic mass is 9.85. The fourth-order valence-electron chi connectivity index (χ4n) is 1.97.